The van der Waals surface area contributed by atoms with E-state index in [0.717, 1.165) is 24.3 Å². The molecule has 0 bridgehead atoms. The molecule has 1 saturated heterocycles. The Bertz CT molecular complexity index is 2020. The number of nitrogens with zero attached hydrogens (tertiary/aromatic N) is 1. The fourth-order valence-electron chi connectivity index (χ4n) is 9.84. The van der Waals surface area contributed by atoms with Crippen molar-refractivity contribution in [3.63, 3.8) is 0 Å². The Morgan fingerprint density at radius 3 is 2.04 bits per heavy atom. The van der Waals surface area contributed by atoms with E-state index in [1.54, 1.807) is 0 Å². The van der Waals surface area contributed by atoms with Gasteiger partial charge in [-0.05, 0) is 75.3 Å². The molecule has 0 spiro atoms. The highest BCUT2D eigenvalue weighted by Crippen LogP contribution is 2.59. The van der Waals surface area contributed by atoms with Gasteiger partial charge in [-0.3, -0.25) is 4.90 Å². The van der Waals surface area contributed by atoms with Crippen LogP contribution in [0.1, 0.15) is 85.0 Å². The number of hydrogen-bond donors (Lipinski definition) is 0. The summed E-state index contributed by atoms with van der Waals surface area (Å²) in [6.45, 7) is 7.16. The SMILES string of the molecule is CC(C1=CCC(N2C3c4ccccc4OC3[C@@H]3Oc4ccccc4C32)C=C1)c1ccc(C2=CCC3C(=C2)c2ccccc2C3(C)C)cc1. The third-order valence-electron chi connectivity index (χ3n) is 12.4. The van der Waals surface area contributed by atoms with E-state index in [1.165, 1.54) is 50.1 Å². The van der Waals surface area contributed by atoms with Crippen LogP contribution in [0, 0.1) is 5.92 Å². The predicted molar refractivity (Wildman–Crippen MR) is 193 cm³/mol. The minimum Gasteiger partial charge on any atom is -0.484 e. The Labute approximate surface area is 283 Å². The monoisotopic (exact) mass is 627 g/mol. The molecule has 3 heterocycles. The van der Waals surface area contributed by atoms with E-state index in [1.807, 2.05) is 0 Å². The van der Waals surface area contributed by atoms with Gasteiger partial charge in [0.15, 0.2) is 12.2 Å². The lowest BCUT2D eigenvalue weighted by atomic mass is 9.73. The topological polar surface area (TPSA) is 21.7 Å². The molecule has 0 amide bonds. The second kappa shape index (κ2) is 10.4. The highest BCUT2D eigenvalue weighted by atomic mass is 16.6. The fourth-order valence-corrected chi connectivity index (χ4v) is 9.84. The van der Waals surface area contributed by atoms with Crippen LogP contribution < -0.4 is 9.47 Å². The Morgan fingerprint density at radius 2 is 1.38 bits per heavy atom. The minimum atomic E-state index is -0.00766. The first-order valence-corrected chi connectivity index (χ1v) is 17.8. The minimum absolute atomic E-state index is 0.00766. The Kier molecular flexibility index (Phi) is 6.19. The molecule has 6 aliphatic rings. The van der Waals surface area contributed by atoms with Gasteiger partial charge in [0.1, 0.15) is 11.5 Å². The van der Waals surface area contributed by atoms with Gasteiger partial charge in [-0.1, -0.05) is 136 Å². The van der Waals surface area contributed by atoms with Crippen LogP contribution in [0.5, 0.6) is 11.5 Å². The van der Waals surface area contributed by atoms with Crippen molar-refractivity contribution in [3.8, 4) is 11.5 Å². The Morgan fingerprint density at radius 1 is 0.729 bits per heavy atom. The first-order valence-electron chi connectivity index (χ1n) is 17.8. The third kappa shape index (κ3) is 4.04. The summed E-state index contributed by atoms with van der Waals surface area (Å²) in [5.74, 6) is 2.88. The van der Waals surface area contributed by atoms with Crippen molar-refractivity contribution in [1.82, 2.24) is 4.90 Å². The standard InChI is InChI=1S/C45H41NO2/c1-27(28-16-18-30(19-17-28)31-22-25-38-36(26-31)33-10-4-7-13-37(33)45(38,2)3)29-20-23-32(24-21-29)46-41-34-11-5-8-14-39(34)47-43(41)44-42(46)35-12-6-9-15-40(35)48-44/h4-23,26-27,32,38,41-44H,24-25H2,1-3H3/t27?,32?,38?,41?,42?,43-,44?/m1/s1. The maximum Gasteiger partial charge on any atom is 0.157 e. The molecule has 48 heavy (non-hydrogen) atoms. The molecule has 0 saturated carbocycles. The van der Waals surface area contributed by atoms with Crippen LogP contribution in [0.4, 0.5) is 0 Å². The van der Waals surface area contributed by atoms with E-state index >= 15 is 0 Å². The predicted octanol–water partition coefficient (Wildman–Crippen LogP) is 10.1. The summed E-state index contributed by atoms with van der Waals surface area (Å²) in [5.41, 5.74) is 12.6. The normalized spacial score (nSPS) is 29.2. The summed E-state index contributed by atoms with van der Waals surface area (Å²) in [6.07, 6.45) is 14.3. The van der Waals surface area contributed by atoms with Crippen LogP contribution >= 0.6 is 0 Å². The molecule has 1 fully saturated rings. The maximum absolute atomic E-state index is 6.60. The van der Waals surface area contributed by atoms with E-state index in [0.29, 0.717) is 11.8 Å². The third-order valence-corrected chi connectivity index (χ3v) is 12.4. The molecular formula is C45H41NO2. The molecule has 3 aliphatic heterocycles. The zero-order valence-electron chi connectivity index (χ0n) is 27.8. The smallest absolute Gasteiger partial charge is 0.157 e. The molecule has 0 N–H and O–H groups in total. The van der Waals surface area contributed by atoms with Crippen molar-refractivity contribution in [2.75, 3.05) is 0 Å². The molecule has 238 valence electrons. The van der Waals surface area contributed by atoms with Gasteiger partial charge in [0.2, 0.25) is 0 Å². The summed E-state index contributed by atoms with van der Waals surface area (Å²) >= 11 is 0. The van der Waals surface area contributed by atoms with Crippen LogP contribution in [0.3, 0.4) is 0 Å². The van der Waals surface area contributed by atoms with Crippen molar-refractivity contribution in [2.24, 2.45) is 5.92 Å². The summed E-state index contributed by atoms with van der Waals surface area (Å²) < 4.78 is 13.2. The highest BCUT2D eigenvalue weighted by molar-refractivity contribution is 5.90. The lowest BCUT2D eigenvalue weighted by Crippen LogP contribution is -2.37. The lowest BCUT2D eigenvalue weighted by molar-refractivity contribution is 0.0907. The van der Waals surface area contributed by atoms with Crippen molar-refractivity contribution in [3.05, 3.63) is 166 Å². The van der Waals surface area contributed by atoms with E-state index in [9.17, 15) is 0 Å². The molecule has 0 radical (unpaired) electrons. The Hall–Kier alpha value is -4.60. The molecule has 6 unspecified atom stereocenters. The number of rotatable bonds is 4. The van der Waals surface area contributed by atoms with Crippen LogP contribution in [0.15, 0.2) is 133 Å². The number of likely N-dealkylation sites (tertiary alicyclic amines) is 1. The van der Waals surface area contributed by atoms with Crippen molar-refractivity contribution < 1.29 is 9.47 Å². The van der Waals surface area contributed by atoms with E-state index in [2.05, 4.69) is 153 Å². The number of hydrogen-bond acceptors (Lipinski definition) is 3. The van der Waals surface area contributed by atoms with Crippen LogP contribution in [0.2, 0.25) is 0 Å². The molecular weight excluding hydrogens is 587 g/mol. The van der Waals surface area contributed by atoms with Gasteiger partial charge in [-0.15, -0.1) is 0 Å². The van der Waals surface area contributed by atoms with Gasteiger partial charge in [0.05, 0.1) is 12.1 Å². The number of allylic oxidation sites excluding steroid dienone is 6. The van der Waals surface area contributed by atoms with Gasteiger partial charge >= 0.3 is 0 Å². The second-order valence-corrected chi connectivity index (χ2v) is 15.1. The van der Waals surface area contributed by atoms with Gasteiger partial charge < -0.3 is 9.47 Å². The molecule has 4 aromatic rings. The van der Waals surface area contributed by atoms with Crippen LogP contribution in [0.25, 0.3) is 11.1 Å². The Balaban J connectivity index is 0.892. The van der Waals surface area contributed by atoms with Crippen molar-refractivity contribution >= 4 is 11.1 Å². The summed E-state index contributed by atoms with van der Waals surface area (Å²) in [5, 5.41) is 0. The summed E-state index contributed by atoms with van der Waals surface area (Å²) in [4.78, 5) is 2.69. The first kappa shape index (κ1) is 28.4. The molecule has 0 aromatic heterocycles. The average molecular weight is 628 g/mol. The number of ether oxygens (including phenoxy) is 2. The molecule has 4 aromatic carbocycles. The molecule has 3 aliphatic carbocycles. The first-order chi connectivity index (χ1) is 23.5. The molecule has 7 atom stereocenters. The summed E-state index contributed by atoms with van der Waals surface area (Å²) in [7, 11) is 0. The number of para-hydroxylation sites is 2. The number of benzene rings is 4. The van der Waals surface area contributed by atoms with Gasteiger partial charge in [0.25, 0.3) is 0 Å². The molecule has 10 rings (SSSR count). The second-order valence-electron chi connectivity index (χ2n) is 15.1. The number of fused-ring (bicyclic) bond motifs is 10. The zero-order valence-corrected chi connectivity index (χ0v) is 27.8. The van der Waals surface area contributed by atoms with E-state index in [4.69, 9.17) is 9.47 Å². The van der Waals surface area contributed by atoms with Gasteiger partial charge in [-0.25, -0.2) is 0 Å². The lowest BCUT2D eigenvalue weighted by Gasteiger charge is -2.35. The zero-order chi connectivity index (χ0) is 32.1. The average Bonchev–Trinajstić information content (AvgIpc) is 3.84. The molecule has 3 heteroatoms. The van der Waals surface area contributed by atoms with Crippen LogP contribution in [-0.4, -0.2) is 23.1 Å². The fraction of sp³-hybridized carbons (Fsp3) is 0.289. The summed E-state index contributed by atoms with van der Waals surface area (Å²) in [6, 6.07) is 36.1. The van der Waals surface area contributed by atoms with Crippen LogP contribution in [-0.2, 0) is 5.41 Å². The maximum atomic E-state index is 6.60. The van der Waals surface area contributed by atoms with Crippen molar-refractivity contribution in [1.29, 1.82) is 0 Å². The quantitative estimate of drug-likeness (QED) is 0.225. The van der Waals surface area contributed by atoms with E-state index < -0.39 is 0 Å². The van der Waals surface area contributed by atoms with Crippen molar-refractivity contribution in [2.45, 2.75) is 75.3 Å². The molecule has 3 nitrogen and oxygen atoms in total. The highest BCUT2D eigenvalue weighted by Gasteiger charge is 2.61. The van der Waals surface area contributed by atoms with E-state index in [-0.39, 0.29) is 35.7 Å². The van der Waals surface area contributed by atoms with Gasteiger partial charge in [0, 0.05) is 23.1 Å². The van der Waals surface area contributed by atoms with Gasteiger partial charge in [-0.2, -0.15) is 0 Å². The largest absolute Gasteiger partial charge is 0.484 e.